The highest BCUT2D eigenvalue weighted by molar-refractivity contribution is 5.26. The molecule has 0 unspecified atom stereocenters. The molecule has 2 rings (SSSR count). The Bertz CT molecular complexity index is 451. The van der Waals surface area contributed by atoms with Gasteiger partial charge in [-0.15, -0.1) is 0 Å². The highest BCUT2D eigenvalue weighted by Gasteiger charge is 2.33. The van der Waals surface area contributed by atoms with Gasteiger partial charge in [0.2, 0.25) is 5.88 Å². The van der Waals surface area contributed by atoms with E-state index >= 15 is 0 Å². The number of ether oxygens (including phenoxy) is 1. The van der Waals surface area contributed by atoms with E-state index in [0.717, 1.165) is 18.7 Å². The Balaban J connectivity index is 1.87. The summed E-state index contributed by atoms with van der Waals surface area (Å²) in [6.07, 6.45) is 4.29. The highest BCUT2D eigenvalue weighted by Crippen LogP contribution is 2.29. The van der Waals surface area contributed by atoms with Crippen LogP contribution in [0.2, 0.25) is 0 Å². The molecule has 112 valence electrons. The lowest BCUT2D eigenvalue weighted by Crippen LogP contribution is -2.53. The van der Waals surface area contributed by atoms with Gasteiger partial charge in [-0.25, -0.2) is 4.98 Å². The number of rotatable bonds is 3. The first kappa shape index (κ1) is 15.3. The number of aromatic nitrogens is 1. The van der Waals surface area contributed by atoms with E-state index in [1.165, 1.54) is 5.56 Å². The predicted octanol–water partition coefficient (Wildman–Crippen LogP) is 3.68. The Morgan fingerprint density at radius 3 is 2.35 bits per heavy atom. The topological polar surface area (TPSA) is 34.1 Å². The molecule has 1 N–H and O–H groups in total. The van der Waals surface area contributed by atoms with Crippen molar-refractivity contribution in [3.8, 4) is 5.88 Å². The van der Waals surface area contributed by atoms with Crippen LogP contribution in [-0.2, 0) is 5.41 Å². The summed E-state index contributed by atoms with van der Waals surface area (Å²) in [5.74, 6) is 0.761. The van der Waals surface area contributed by atoms with Gasteiger partial charge in [-0.05, 0) is 50.7 Å². The van der Waals surface area contributed by atoms with Crippen molar-refractivity contribution in [1.29, 1.82) is 0 Å². The first-order valence-corrected chi connectivity index (χ1v) is 7.54. The second-order valence-electron chi connectivity index (χ2n) is 7.94. The van der Waals surface area contributed by atoms with E-state index in [0.29, 0.717) is 12.1 Å². The summed E-state index contributed by atoms with van der Waals surface area (Å²) in [4.78, 5) is 4.33. The molecule has 0 amide bonds. The molecule has 1 aromatic rings. The van der Waals surface area contributed by atoms with Gasteiger partial charge in [-0.1, -0.05) is 20.8 Å². The van der Waals surface area contributed by atoms with E-state index < -0.39 is 0 Å². The van der Waals surface area contributed by atoms with E-state index in [1.54, 1.807) is 0 Å². The molecule has 1 aliphatic rings. The molecule has 0 saturated heterocycles. The van der Waals surface area contributed by atoms with Crippen molar-refractivity contribution < 1.29 is 4.74 Å². The van der Waals surface area contributed by atoms with Crippen molar-refractivity contribution in [2.75, 3.05) is 0 Å². The fourth-order valence-corrected chi connectivity index (χ4v) is 2.50. The summed E-state index contributed by atoms with van der Waals surface area (Å²) in [6, 6.07) is 4.72. The molecule has 1 aromatic heterocycles. The first-order chi connectivity index (χ1) is 9.13. The molecule has 0 radical (unpaired) electrons. The van der Waals surface area contributed by atoms with Crippen molar-refractivity contribution in [2.45, 2.75) is 77.5 Å². The van der Waals surface area contributed by atoms with Crippen molar-refractivity contribution in [3.63, 3.8) is 0 Å². The summed E-state index contributed by atoms with van der Waals surface area (Å²) in [6.45, 7) is 13.2. The minimum absolute atomic E-state index is 0.136. The number of nitrogens with one attached hydrogen (secondary N) is 1. The average molecular weight is 276 g/mol. The second-order valence-corrected chi connectivity index (χ2v) is 7.94. The molecular formula is C17H28N2O. The zero-order valence-electron chi connectivity index (χ0n) is 13.7. The maximum absolute atomic E-state index is 5.98. The summed E-state index contributed by atoms with van der Waals surface area (Å²) >= 11 is 0. The highest BCUT2D eigenvalue weighted by atomic mass is 16.5. The van der Waals surface area contributed by atoms with Crippen molar-refractivity contribution >= 4 is 0 Å². The average Bonchev–Trinajstić information content (AvgIpc) is 2.23. The lowest BCUT2D eigenvalue weighted by Gasteiger charge is -2.39. The van der Waals surface area contributed by atoms with Gasteiger partial charge in [-0.3, -0.25) is 0 Å². The molecule has 20 heavy (non-hydrogen) atoms. The van der Waals surface area contributed by atoms with Crippen LogP contribution in [0.3, 0.4) is 0 Å². The Morgan fingerprint density at radius 1 is 1.15 bits per heavy atom. The molecule has 0 bridgehead atoms. The maximum Gasteiger partial charge on any atom is 0.213 e. The smallest absolute Gasteiger partial charge is 0.213 e. The second kappa shape index (κ2) is 5.36. The first-order valence-electron chi connectivity index (χ1n) is 7.54. The molecular weight excluding hydrogens is 248 g/mol. The molecule has 0 atom stereocenters. The van der Waals surface area contributed by atoms with Crippen molar-refractivity contribution in [1.82, 2.24) is 10.3 Å². The van der Waals surface area contributed by atoms with Gasteiger partial charge in [0.1, 0.15) is 6.10 Å². The van der Waals surface area contributed by atoms with E-state index in [4.69, 9.17) is 4.74 Å². The molecule has 3 heteroatoms. The number of pyridine rings is 1. The molecule has 1 heterocycles. The van der Waals surface area contributed by atoms with Crippen LogP contribution >= 0.6 is 0 Å². The van der Waals surface area contributed by atoms with E-state index in [9.17, 15) is 0 Å². The van der Waals surface area contributed by atoms with Gasteiger partial charge in [0.05, 0.1) is 0 Å². The lowest BCUT2D eigenvalue weighted by atomic mass is 9.87. The third-order valence-electron chi connectivity index (χ3n) is 3.62. The molecule has 0 aliphatic heterocycles. The molecule has 0 spiro atoms. The third-order valence-corrected chi connectivity index (χ3v) is 3.62. The van der Waals surface area contributed by atoms with Crippen LogP contribution in [0.5, 0.6) is 5.88 Å². The monoisotopic (exact) mass is 276 g/mol. The molecule has 1 fully saturated rings. The largest absolute Gasteiger partial charge is 0.474 e. The molecule has 3 nitrogen and oxygen atoms in total. The van der Waals surface area contributed by atoms with Crippen LogP contribution in [0.4, 0.5) is 0 Å². The zero-order chi connectivity index (χ0) is 15.0. The summed E-state index contributed by atoms with van der Waals surface area (Å²) < 4.78 is 5.98. The van der Waals surface area contributed by atoms with Crippen LogP contribution in [0.1, 0.15) is 59.9 Å². The quantitative estimate of drug-likeness (QED) is 0.914. The predicted molar refractivity (Wildman–Crippen MR) is 83.3 cm³/mol. The van der Waals surface area contributed by atoms with E-state index in [1.807, 2.05) is 6.20 Å². The van der Waals surface area contributed by atoms with Gasteiger partial charge < -0.3 is 10.1 Å². The number of nitrogens with zero attached hydrogens (tertiary/aromatic N) is 1. The van der Waals surface area contributed by atoms with Crippen molar-refractivity contribution in [2.24, 2.45) is 0 Å². The fourth-order valence-electron chi connectivity index (χ4n) is 2.50. The number of hydrogen-bond donors (Lipinski definition) is 1. The maximum atomic E-state index is 5.98. The van der Waals surface area contributed by atoms with Gasteiger partial charge in [0.15, 0.2) is 0 Å². The van der Waals surface area contributed by atoms with Crippen LogP contribution in [0.15, 0.2) is 18.3 Å². The van der Waals surface area contributed by atoms with Gasteiger partial charge >= 0.3 is 0 Å². The Labute approximate surface area is 123 Å². The summed E-state index contributed by atoms with van der Waals surface area (Å²) in [5, 5.41) is 3.61. The summed E-state index contributed by atoms with van der Waals surface area (Å²) in [7, 11) is 0. The van der Waals surface area contributed by atoms with Gasteiger partial charge in [0.25, 0.3) is 0 Å². The fraction of sp³-hybridized carbons (Fsp3) is 0.706. The van der Waals surface area contributed by atoms with E-state index in [2.05, 4.69) is 64.0 Å². The van der Waals surface area contributed by atoms with Crippen LogP contribution < -0.4 is 10.1 Å². The molecule has 1 saturated carbocycles. The number of hydrogen-bond acceptors (Lipinski definition) is 3. The van der Waals surface area contributed by atoms with Crippen LogP contribution in [0.25, 0.3) is 0 Å². The van der Waals surface area contributed by atoms with Crippen LogP contribution in [0, 0.1) is 0 Å². The zero-order valence-corrected chi connectivity index (χ0v) is 13.7. The van der Waals surface area contributed by atoms with Gasteiger partial charge in [-0.2, -0.15) is 0 Å². The summed E-state index contributed by atoms with van der Waals surface area (Å²) in [5.41, 5.74) is 1.59. The SMILES string of the molecule is CC(C)(C)NC1CC(Oc2cc(C(C)(C)C)ccn2)C1. The minimum Gasteiger partial charge on any atom is -0.474 e. The Kier molecular flexibility index (Phi) is 4.10. The normalized spacial score (nSPS) is 23.3. The van der Waals surface area contributed by atoms with E-state index in [-0.39, 0.29) is 11.0 Å². The Hall–Kier alpha value is -1.09. The van der Waals surface area contributed by atoms with Crippen molar-refractivity contribution in [3.05, 3.63) is 23.9 Å². The van der Waals surface area contributed by atoms with Gasteiger partial charge in [0, 0.05) is 23.8 Å². The third kappa shape index (κ3) is 4.20. The molecule has 1 aliphatic carbocycles. The molecule has 0 aromatic carbocycles. The lowest BCUT2D eigenvalue weighted by molar-refractivity contribution is 0.0693. The standard InChI is InChI=1S/C17H28N2O/c1-16(2,3)12-7-8-18-15(9-12)20-14-10-13(11-14)19-17(4,5)6/h7-9,13-14,19H,10-11H2,1-6H3. The van der Waals surface area contributed by atoms with Crippen LogP contribution in [-0.4, -0.2) is 22.7 Å². The minimum atomic E-state index is 0.136. The Morgan fingerprint density at radius 2 is 1.80 bits per heavy atom.